The van der Waals surface area contributed by atoms with Crippen LogP contribution in [0.5, 0.6) is 0 Å². The van der Waals surface area contributed by atoms with Crippen molar-refractivity contribution in [1.82, 2.24) is 15.3 Å². The summed E-state index contributed by atoms with van der Waals surface area (Å²) in [6.07, 6.45) is 5.00. The minimum atomic E-state index is -3.03. The third-order valence-electron chi connectivity index (χ3n) is 5.10. The van der Waals surface area contributed by atoms with E-state index >= 15 is 0 Å². The lowest BCUT2D eigenvalue weighted by Crippen LogP contribution is -2.45. The van der Waals surface area contributed by atoms with Gasteiger partial charge < -0.3 is 19.7 Å². The highest BCUT2D eigenvalue weighted by Gasteiger charge is 2.40. The van der Waals surface area contributed by atoms with Crippen LogP contribution < -0.4 is 10.2 Å². The fourth-order valence-corrected chi connectivity index (χ4v) is 5.31. The number of hydrogen-bond acceptors (Lipinski definition) is 8. The summed E-state index contributed by atoms with van der Waals surface area (Å²) in [6.45, 7) is 2.79. The first-order chi connectivity index (χ1) is 12.4. The highest BCUT2D eigenvalue weighted by atomic mass is 32.2. The second kappa shape index (κ2) is 6.75. The van der Waals surface area contributed by atoms with E-state index in [0.29, 0.717) is 25.5 Å². The second-order valence-corrected chi connectivity index (χ2v) is 9.16. The van der Waals surface area contributed by atoms with Gasteiger partial charge in [0.05, 0.1) is 37.1 Å². The number of anilines is 1. The minimum Gasteiger partial charge on any atom is -0.355 e. The van der Waals surface area contributed by atoms with Crippen LogP contribution >= 0.6 is 0 Å². The highest BCUT2D eigenvalue weighted by molar-refractivity contribution is 7.91. The van der Waals surface area contributed by atoms with Gasteiger partial charge in [0.25, 0.3) is 5.91 Å². The molecule has 4 heterocycles. The van der Waals surface area contributed by atoms with Gasteiger partial charge in [0.2, 0.25) is 0 Å². The van der Waals surface area contributed by atoms with Gasteiger partial charge in [-0.3, -0.25) is 4.79 Å². The van der Waals surface area contributed by atoms with E-state index in [4.69, 9.17) is 9.47 Å². The van der Waals surface area contributed by atoms with Crippen LogP contribution in [0.15, 0.2) is 12.4 Å². The fourth-order valence-electron chi connectivity index (χ4n) is 3.63. The molecule has 0 saturated carbocycles. The predicted molar refractivity (Wildman–Crippen MR) is 92.6 cm³/mol. The van der Waals surface area contributed by atoms with E-state index in [-0.39, 0.29) is 23.2 Å². The van der Waals surface area contributed by atoms with Gasteiger partial charge in [0.1, 0.15) is 11.5 Å². The van der Waals surface area contributed by atoms with E-state index < -0.39 is 21.5 Å². The monoisotopic (exact) mass is 382 g/mol. The first-order valence-electron chi connectivity index (χ1n) is 8.81. The van der Waals surface area contributed by atoms with Gasteiger partial charge in [-0.15, -0.1) is 0 Å². The van der Waals surface area contributed by atoms with Crippen molar-refractivity contribution in [3.63, 3.8) is 0 Å². The quantitative estimate of drug-likeness (QED) is 0.761. The molecule has 3 aliphatic rings. The van der Waals surface area contributed by atoms with Crippen molar-refractivity contribution in [3.8, 4) is 0 Å². The Kier molecular flexibility index (Phi) is 4.57. The highest BCUT2D eigenvalue weighted by Crippen LogP contribution is 2.32. The number of aromatic nitrogens is 2. The number of hydrogen-bond donors (Lipinski definition) is 1. The summed E-state index contributed by atoms with van der Waals surface area (Å²) in [5, 5.41) is 2.72. The molecule has 10 heteroatoms. The summed E-state index contributed by atoms with van der Waals surface area (Å²) in [6, 6.07) is -0.348. The molecule has 1 spiro atoms. The van der Waals surface area contributed by atoms with Gasteiger partial charge in [-0.1, -0.05) is 0 Å². The summed E-state index contributed by atoms with van der Waals surface area (Å²) >= 11 is 0. The average molecular weight is 382 g/mol. The third-order valence-corrected chi connectivity index (χ3v) is 6.87. The van der Waals surface area contributed by atoms with Crippen molar-refractivity contribution in [1.29, 1.82) is 0 Å². The largest absolute Gasteiger partial charge is 0.355 e. The van der Waals surface area contributed by atoms with Crippen LogP contribution in [0.4, 0.5) is 5.82 Å². The Balaban J connectivity index is 1.34. The van der Waals surface area contributed by atoms with Crippen molar-refractivity contribution >= 4 is 21.6 Å². The molecule has 3 saturated heterocycles. The first kappa shape index (κ1) is 17.6. The SMILES string of the molecule is O=C(NC1CCS(=O)(=O)C1)c1cnc(N2CCC3(CC2)OCCO3)cn1. The number of piperidine rings is 1. The molecular formula is C16H22N4O5S. The maximum atomic E-state index is 12.2. The van der Waals surface area contributed by atoms with Crippen LogP contribution in [-0.4, -0.2) is 73.9 Å². The van der Waals surface area contributed by atoms with E-state index in [1.807, 2.05) is 0 Å². The Bertz CT molecular complexity index is 766. The zero-order valence-electron chi connectivity index (χ0n) is 14.4. The molecule has 26 heavy (non-hydrogen) atoms. The number of nitrogens with zero attached hydrogens (tertiary/aromatic N) is 3. The molecular weight excluding hydrogens is 360 g/mol. The molecule has 3 aliphatic heterocycles. The summed E-state index contributed by atoms with van der Waals surface area (Å²) in [7, 11) is -3.03. The molecule has 0 aliphatic carbocycles. The molecule has 0 bridgehead atoms. The van der Waals surface area contributed by atoms with Crippen molar-refractivity contribution in [3.05, 3.63) is 18.1 Å². The smallest absolute Gasteiger partial charge is 0.271 e. The molecule has 3 fully saturated rings. The van der Waals surface area contributed by atoms with Crippen LogP contribution in [0, 0.1) is 0 Å². The normalized spacial score (nSPS) is 26.9. The molecule has 1 atom stereocenters. The Morgan fingerprint density at radius 2 is 1.92 bits per heavy atom. The van der Waals surface area contributed by atoms with E-state index in [1.54, 1.807) is 6.20 Å². The summed E-state index contributed by atoms with van der Waals surface area (Å²) < 4.78 is 34.4. The molecule has 9 nitrogen and oxygen atoms in total. The van der Waals surface area contributed by atoms with Crippen LogP contribution in [0.25, 0.3) is 0 Å². The molecule has 1 aromatic rings. The van der Waals surface area contributed by atoms with Crippen LogP contribution in [-0.2, 0) is 19.3 Å². The van der Waals surface area contributed by atoms with E-state index in [0.717, 1.165) is 25.9 Å². The summed E-state index contributed by atoms with van der Waals surface area (Å²) in [5.74, 6) is -0.0174. The fraction of sp³-hybridized carbons (Fsp3) is 0.688. The van der Waals surface area contributed by atoms with E-state index in [9.17, 15) is 13.2 Å². The average Bonchev–Trinajstić information content (AvgIpc) is 3.22. The third kappa shape index (κ3) is 3.67. The zero-order valence-corrected chi connectivity index (χ0v) is 15.2. The number of sulfone groups is 1. The van der Waals surface area contributed by atoms with E-state index in [2.05, 4.69) is 20.2 Å². The minimum absolute atomic E-state index is 0.01000. The molecule has 1 aromatic heterocycles. The number of rotatable bonds is 3. The maximum absolute atomic E-state index is 12.2. The predicted octanol–water partition coefficient (Wildman–Crippen LogP) is -0.263. The molecule has 1 unspecified atom stereocenters. The van der Waals surface area contributed by atoms with Crippen molar-refractivity contribution in [2.24, 2.45) is 0 Å². The summed E-state index contributed by atoms with van der Waals surface area (Å²) in [4.78, 5) is 22.8. The number of ether oxygens (including phenoxy) is 2. The van der Waals surface area contributed by atoms with Gasteiger partial charge in [0, 0.05) is 32.0 Å². The van der Waals surface area contributed by atoms with Gasteiger partial charge in [-0.05, 0) is 6.42 Å². The molecule has 4 rings (SSSR count). The summed E-state index contributed by atoms with van der Waals surface area (Å²) in [5.41, 5.74) is 0.189. The van der Waals surface area contributed by atoms with Gasteiger partial charge >= 0.3 is 0 Å². The Morgan fingerprint density at radius 3 is 2.50 bits per heavy atom. The van der Waals surface area contributed by atoms with Gasteiger partial charge in [-0.25, -0.2) is 18.4 Å². The zero-order chi connectivity index (χ0) is 18.2. The van der Waals surface area contributed by atoms with E-state index in [1.165, 1.54) is 6.20 Å². The molecule has 0 aromatic carbocycles. The number of nitrogens with one attached hydrogen (secondary N) is 1. The lowest BCUT2D eigenvalue weighted by Gasteiger charge is -2.37. The van der Waals surface area contributed by atoms with Crippen LogP contribution in [0.1, 0.15) is 29.8 Å². The number of carbonyl (C=O) groups is 1. The van der Waals surface area contributed by atoms with Crippen LogP contribution in [0.3, 0.4) is 0 Å². The molecule has 1 amide bonds. The van der Waals surface area contributed by atoms with Crippen LogP contribution in [0.2, 0.25) is 0 Å². The van der Waals surface area contributed by atoms with Crippen molar-refractivity contribution in [2.45, 2.75) is 31.1 Å². The van der Waals surface area contributed by atoms with Crippen molar-refractivity contribution < 1.29 is 22.7 Å². The topological polar surface area (TPSA) is 111 Å². The molecule has 142 valence electrons. The van der Waals surface area contributed by atoms with Gasteiger partial charge in [0.15, 0.2) is 15.6 Å². The Labute approximate surface area is 152 Å². The standard InChI is InChI=1S/C16H22N4O5S/c21-15(19-12-1-8-26(22,23)11-12)13-9-18-14(10-17-13)20-4-2-16(3-5-20)24-6-7-25-16/h9-10,12H,1-8,11H2,(H,19,21). The molecule has 1 N–H and O–H groups in total. The Morgan fingerprint density at radius 1 is 1.19 bits per heavy atom. The lowest BCUT2D eigenvalue weighted by molar-refractivity contribution is -0.169. The molecule has 0 radical (unpaired) electrons. The van der Waals surface area contributed by atoms with Crippen molar-refractivity contribution in [2.75, 3.05) is 42.7 Å². The number of carbonyl (C=O) groups excluding carboxylic acids is 1. The number of amides is 1. The second-order valence-electron chi connectivity index (χ2n) is 6.93. The van der Waals surface area contributed by atoms with Gasteiger partial charge in [-0.2, -0.15) is 0 Å². The lowest BCUT2D eigenvalue weighted by atomic mass is 10.0. The maximum Gasteiger partial charge on any atom is 0.271 e. The first-order valence-corrected chi connectivity index (χ1v) is 10.6. The Hall–Kier alpha value is -1.78.